The van der Waals surface area contributed by atoms with Crippen molar-refractivity contribution in [2.75, 3.05) is 36.6 Å². The van der Waals surface area contributed by atoms with Crippen LogP contribution in [0.2, 0.25) is 0 Å². The number of nitro groups is 1. The van der Waals surface area contributed by atoms with Crippen LogP contribution in [0.25, 0.3) is 0 Å². The first kappa shape index (κ1) is 17.5. The fourth-order valence-corrected chi connectivity index (χ4v) is 2.46. The second-order valence-corrected chi connectivity index (χ2v) is 5.31. The van der Waals surface area contributed by atoms with Crippen LogP contribution in [-0.2, 0) is 4.74 Å². The molecule has 2 heterocycles. The van der Waals surface area contributed by atoms with E-state index in [1.54, 1.807) is 4.90 Å². The minimum Gasteiger partial charge on any atom is -0.378 e. The van der Waals surface area contributed by atoms with E-state index in [-0.39, 0.29) is 22.9 Å². The van der Waals surface area contributed by atoms with Gasteiger partial charge in [-0.15, -0.1) is 0 Å². The summed E-state index contributed by atoms with van der Waals surface area (Å²) >= 11 is 0. The Morgan fingerprint density at radius 2 is 2.00 bits per heavy atom. The van der Waals surface area contributed by atoms with Gasteiger partial charge >= 0.3 is 5.69 Å². The maximum absolute atomic E-state index is 13.6. The molecular weight excluding hydrogens is 347 g/mol. The minimum atomic E-state index is -0.788. The number of nitrogens with one attached hydrogen (secondary N) is 2. The molecule has 1 aliphatic rings. The van der Waals surface area contributed by atoms with Crippen molar-refractivity contribution in [1.29, 1.82) is 0 Å². The first-order valence-electron chi connectivity index (χ1n) is 7.71. The van der Waals surface area contributed by atoms with Crippen molar-refractivity contribution in [3.05, 3.63) is 52.1 Å². The Morgan fingerprint density at radius 1 is 1.27 bits per heavy atom. The zero-order valence-electron chi connectivity index (χ0n) is 13.5. The lowest BCUT2D eigenvalue weighted by molar-refractivity contribution is -0.383. The van der Waals surface area contributed by atoms with E-state index in [1.165, 1.54) is 18.2 Å². The molecule has 0 unspecified atom stereocenters. The first-order chi connectivity index (χ1) is 12.6. The van der Waals surface area contributed by atoms with Gasteiger partial charge in [0.15, 0.2) is 0 Å². The Hall–Kier alpha value is -3.34. The zero-order chi connectivity index (χ0) is 18.5. The van der Waals surface area contributed by atoms with Crippen LogP contribution in [-0.4, -0.2) is 47.1 Å². The average Bonchev–Trinajstić information content (AvgIpc) is 2.66. The summed E-state index contributed by atoms with van der Waals surface area (Å²) in [6.45, 7) is 1.74. The predicted molar refractivity (Wildman–Crippen MR) is 89.2 cm³/mol. The van der Waals surface area contributed by atoms with Gasteiger partial charge in [-0.05, 0) is 12.1 Å². The molecule has 1 aromatic heterocycles. The van der Waals surface area contributed by atoms with E-state index < -0.39 is 16.6 Å². The summed E-state index contributed by atoms with van der Waals surface area (Å²) in [6, 6.07) is 5.38. The number of rotatable bonds is 5. The largest absolute Gasteiger partial charge is 0.378 e. The molecule has 0 saturated carbocycles. The standard InChI is InChI=1S/C15H15FN6O4/c16-11-4-2-1-3-10(11)15(23)20-19-13-12(22(24)25)14(18-9-17-13)21-5-7-26-8-6-21/h1-4,9H,5-8H2,(H,20,23)(H,17,18,19). The van der Waals surface area contributed by atoms with Crippen LogP contribution < -0.4 is 15.8 Å². The summed E-state index contributed by atoms with van der Waals surface area (Å²) in [6.07, 6.45) is 1.15. The van der Waals surface area contributed by atoms with E-state index in [0.717, 1.165) is 12.4 Å². The van der Waals surface area contributed by atoms with Gasteiger partial charge in [0.25, 0.3) is 5.91 Å². The van der Waals surface area contributed by atoms with E-state index >= 15 is 0 Å². The minimum absolute atomic E-state index is 0.121. The van der Waals surface area contributed by atoms with Gasteiger partial charge in [-0.3, -0.25) is 25.8 Å². The van der Waals surface area contributed by atoms with E-state index in [4.69, 9.17) is 4.74 Å². The third kappa shape index (κ3) is 3.67. The summed E-state index contributed by atoms with van der Waals surface area (Å²) in [7, 11) is 0. The third-order valence-corrected chi connectivity index (χ3v) is 3.71. The Labute approximate surface area is 147 Å². The van der Waals surface area contributed by atoms with Crippen molar-refractivity contribution >= 4 is 23.2 Å². The maximum atomic E-state index is 13.6. The van der Waals surface area contributed by atoms with Gasteiger partial charge in [-0.1, -0.05) is 12.1 Å². The second kappa shape index (κ2) is 7.70. The van der Waals surface area contributed by atoms with Gasteiger partial charge < -0.3 is 9.64 Å². The quantitative estimate of drug-likeness (QED) is 0.599. The van der Waals surface area contributed by atoms with E-state index in [9.17, 15) is 19.3 Å². The maximum Gasteiger partial charge on any atom is 0.355 e. The number of anilines is 2. The monoisotopic (exact) mass is 362 g/mol. The van der Waals surface area contributed by atoms with Gasteiger partial charge in [0.2, 0.25) is 11.6 Å². The number of halogens is 1. The van der Waals surface area contributed by atoms with Crippen molar-refractivity contribution in [1.82, 2.24) is 15.4 Å². The molecule has 1 amide bonds. The number of aromatic nitrogens is 2. The summed E-state index contributed by atoms with van der Waals surface area (Å²) in [5, 5.41) is 11.5. The Balaban J connectivity index is 1.82. The van der Waals surface area contributed by atoms with Gasteiger partial charge in [-0.2, -0.15) is 0 Å². The molecular formula is C15H15FN6O4. The normalized spacial score (nSPS) is 14.0. The summed E-state index contributed by atoms with van der Waals surface area (Å²) in [5.41, 5.74) is 4.01. The number of hydrogen-bond donors (Lipinski definition) is 2. The number of morpholine rings is 1. The molecule has 136 valence electrons. The lowest BCUT2D eigenvalue weighted by atomic mass is 10.2. The fraction of sp³-hybridized carbons (Fsp3) is 0.267. The highest BCUT2D eigenvalue weighted by Crippen LogP contribution is 2.31. The van der Waals surface area contributed by atoms with Crippen molar-refractivity contribution < 1.29 is 18.8 Å². The number of carbonyl (C=O) groups excluding carboxylic acids is 1. The highest BCUT2D eigenvalue weighted by Gasteiger charge is 2.28. The van der Waals surface area contributed by atoms with Crippen LogP contribution in [0.4, 0.5) is 21.7 Å². The first-order valence-corrected chi connectivity index (χ1v) is 7.71. The molecule has 0 radical (unpaired) electrons. The highest BCUT2D eigenvalue weighted by molar-refractivity contribution is 5.95. The Kier molecular flexibility index (Phi) is 5.17. The van der Waals surface area contributed by atoms with E-state index in [1.807, 2.05) is 0 Å². The zero-order valence-corrected chi connectivity index (χ0v) is 13.5. The lowest BCUT2D eigenvalue weighted by Gasteiger charge is -2.27. The fourth-order valence-electron chi connectivity index (χ4n) is 2.46. The van der Waals surface area contributed by atoms with Crippen molar-refractivity contribution in [2.45, 2.75) is 0 Å². The van der Waals surface area contributed by atoms with Crippen LogP contribution in [0.5, 0.6) is 0 Å². The molecule has 0 spiro atoms. The lowest BCUT2D eigenvalue weighted by Crippen LogP contribution is -2.37. The second-order valence-electron chi connectivity index (χ2n) is 5.31. The van der Waals surface area contributed by atoms with Gasteiger partial charge in [0, 0.05) is 13.1 Å². The van der Waals surface area contributed by atoms with Crippen molar-refractivity contribution in [2.24, 2.45) is 0 Å². The molecule has 1 saturated heterocycles. The van der Waals surface area contributed by atoms with Crippen molar-refractivity contribution in [3.8, 4) is 0 Å². The Bertz CT molecular complexity index is 828. The summed E-state index contributed by atoms with van der Waals surface area (Å²) in [4.78, 5) is 32.4. The van der Waals surface area contributed by atoms with Crippen molar-refractivity contribution in [3.63, 3.8) is 0 Å². The number of carbonyl (C=O) groups is 1. The van der Waals surface area contributed by atoms with E-state index in [0.29, 0.717) is 26.3 Å². The Morgan fingerprint density at radius 3 is 2.69 bits per heavy atom. The van der Waals surface area contributed by atoms with Crippen LogP contribution in [0, 0.1) is 15.9 Å². The van der Waals surface area contributed by atoms with Gasteiger partial charge in [0.05, 0.1) is 23.7 Å². The molecule has 1 fully saturated rings. The number of hydrogen-bond acceptors (Lipinski definition) is 8. The molecule has 3 rings (SSSR count). The van der Waals surface area contributed by atoms with E-state index in [2.05, 4.69) is 20.8 Å². The van der Waals surface area contributed by atoms with Crippen LogP contribution in [0.15, 0.2) is 30.6 Å². The SMILES string of the molecule is O=C(NNc1ncnc(N2CCOCC2)c1[N+](=O)[O-])c1ccccc1F. The summed E-state index contributed by atoms with van der Waals surface area (Å²) in [5.74, 6) is -1.57. The molecule has 26 heavy (non-hydrogen) atoms. The van der Waals surface area contributed by atoms with Gasteiger partial charge in [-0.25, -0.2) is 14.4 Å². The van der Waals surface area contributed by atoms with Crippen LogP contribution >= 0.6 is 0 Å². The molecule has 1 aromatic carbocycles. The van der Waals surface area contributed by atoms with Gasteiger partial charge in [0.1, 0.15) is 12.1 Å². The van der Waals surface area contributed by atoms with Crippen LogP contribution in [0.1, 0.15) is 10.4 Å². The number of benzene rings is 1. The summed E-state index contributed by atoms with van der Waals surface area (Å²) < 4.78 is 18.9. The molecule has 2 aromatic rings. The number of hydrazine groups is 1. The number of ether oxygens (including phenoxy) is 1. The number of nitrogens with zero attached hydrogens (tertiary/aromatic N) is 4. The van der Waals surface area contributed by atoms with Crippen LogP contribution in [0.3, 0.4) is 0 Å². The average molecular weight is 362 g/mol. The molecule has 1 aliphatic heterocycles. The molecule has 10 nitrogen and oxygen atoms in total. The number of amides is 1. The predicted octanol–water partition coefficient (Wildman–Crippen LogP) is 1.12. The smallest absolute Gasteiger partial charge is 0.355 e. The molecule has 2 N–H and O–H groups in total. The topological polar surface area (TPSA) is 123 Å². The highest BCUT2D eigenvalue weighted by atomic mass is 19.1. The molecule has 0 bridgehead atoms. The third-order valence-electron chi connectivity index (χ3n) is 3.71. The molecule has 11 heteroatoms. The molecule has 0 atom stereocenters. The molecule has 0 aliphatic carbocycles.